The summed E-state index contributed by atoms with van der Waals surface area (Å²) < 4.78 is 6.15. The van der Waals surface area contributed by atoms with Crippen molar-refractivity contribution in [3.63, 3.8) is 0 Å². The highest BCUT2D eigenvalue weighted by Gasteiger charge is 2.24. The fraction of sp³-hybridized carbons (Fsp3) is 0.423. The number of benzene rings is 2. The highest BCUT2D eigenvalue weighted by Crippen LogP contribution is 2.25. The summed E-state index contributed by atoms with van der Waals surface area (Å²) in [5.41, 5.74) is 1.59. The lowest BCUT2D eigenvalue weighted by Gasteiger charge is -2.22. The number of rotatable bonds is 9. The summed E-state index contributed by atoms with van der Waals surface area (Å²) in [6, 6.07) is 13.6. The van der Waals surface area contributed by atoms with E-state index in [1.165, 1.54) is 0 Å². The fourth-order valence-electron chi connectivity index (χ4n) is 3.43. The van der Waals surface area contributed by atoms with Crippen LogP contribution in [0.5, 0.6) is 0 Å². The summed E-state index contributed by atoms with van der Waals surface area (Å²) in [5, 5.41) is 14.8. The van der Waals surface area contributed by atoms with E-state index in [1.807, 2.05) is 12.1 Å². The summed E-state index contributed by atoms with van der Waals surface area (Å²) in [7, 11) is 0. The van der Waals surface area contributed by atoms with Crippen LogP contribution < -0.4 is 10.6 Å². The number of halogens is 1. The van der Waals surface area contributed by atoms with Crippen molar-refractivity contribution in [2.45, 2.75) is 58.6 Å². The molecule has 0 bridgehead atoms. The normalized spacial score (nSPS) is 13.1. The lowest BCUT2D eigenvalue weighted by atomic mass is 9.88. The summed E-state index contributed by atoms with van der Waals surface area (Å²) >= 11 is 3.45. The summed E-state index contributed by atoms with van der Waals surface area (Å²) in [6.07, 6.45) is -0.725. The van der Waals surface area contributed by atoms with E-state index in [2.05, 4.69) is 52.5 Å². The third-order valence-corrected chi connectivity index (χ3v) is 5.76. The molecule has 0 radical (unpaired) electrons. The Morgan fingerprint density at radius 1 is 1.00 bits per heavy atom. The zero-order valence-electron chi connectivity index (χ0n) is 20.2. The smallest absolute Gasteiger partial charge is 0.408 e. The molecule has 0 aliphatic rings. The molecule has 2 rings (SSSR count). The van der Waals surface area contributed by atoms with Crippen molar-refractivity contribution in [1.29, 1.82) is 0 Å². The third kappa shape index (κ3) is 8.82. The number of nitrogens with one attached hydrogen (secondary N) is 2. The maximum absolute atomic E-state index is 12.7. The first-order valence-electron chi connectivity index (χ1n) is 11.2. The van der Waals surface area contributed by atoms with Gasteiger partial charge in [0.15, 0.2) is 0 Å². The van der Waals surface area contributed by atoms with Gasteiger partial charge in [-0.2, -0.15) is 0 Å². The Balaban J connectivity index is 1.99. The van der Waals surface area contributed by atoms with Gasteiger partial charge in [-0.25, -0.2) is 9.59 Å². The lowest BCUT2D eigenvalue weighted by Crippen LogP contribution is -2.44. The van der Waals surface area contributed by atoms with Gasteiger partial charge in [-0.1, -0.05) is 54.0 Å². The molecule has 2 amide bonds. The molecule has 2 aromatic carbocycles. The van der Waals surface area contributed by atoms with Gasteiger partial charge >= 0.3 is 12.1 Å². The van der Waals surface area contributed by atoms with Crippen LogP contribution in [0.3, 0.4) is 0 Å². The maximum Gasteiger partial charge on any atom is 0.408 e. The first-order valence-corrected chi connectivity index (χ1v) is 12.0. The van der Waals surface area contributed by atoms with Crippen molar-refractivity contribution < 1.29 is 24.2 Å². The SMILES string of the molecule is CC(C)[C@@H](CNC(=O)c1ccc(CC(NC(=O)OC(C)(C)C)C(=O)O)cc1)c1ccc(Br)cc1. The maximum atomic E-state index is 12.7. The molecule has 0 aliphatic carbocycles. The van der Waals surface area contributed by atoms with Crippen LogP contribution in [0.1, 0.15) is 62.0 Å². The molecule has 1 unspecified atom stereocenters. The van der Waals surface area contributed by atoms with Gasteiger partial charge in [0.05, 0.1) is 0 Å². The van der Waals surface area contributed by atoms with E-state index in [0.29, 0.717) is 23.6 Å². The molecule has 184 valence electrons. The largest absolute Gasteiger partial charge is 0.480 e. The standard InChI is InChI=1S/C26H33BrN2O5/c1-16(2)21(18-10-12-20(27)13-11-18)15-28-23(30)19-8-6-17(7-9-19)14-22(24(31)32)29-25(33)34-26(3,4)5/h6-13,16,21-22H,14-15H2,1-5H3,(H,28,30)(H,29,33)(H,31,32)/t21-,22?/m1/s1. The van der Waals surface area contributed by atoms with E-state index in [4.69, 9.17) is 4.74 Å². The van der Waals surface area contributed by atoms with Crippen molar-refractivity contribution >= 4 is 33.9 Å². The topological polar surface area (TPSA) is 105 Å². The number of carbonyl (C=O) groups is 3. The Labute approximate surface area is 209 Å². The molecule has 34 heavy (non-hydrogen) atoms. The van der Waals surface area contributed by atoms with Crippen LogP contribution in [0.15, 0.2) is 53.0 Å². The van der Waals surface area contributed by atoms with Gasteiger partial charge in [0.1, 0.15) is 11.6 Å². The monoisotopic (exact) mass is 532 g/mol. The van der Waals surface area contributed by atoms with Crippen LogP contribution in [-0.4, -0.2) is 41.3 Å². The summed E-state index contributed by atoms with van der Waals surface area (Å²) in [5.74, 6) is -0.850. The molecule has 2 atom stereocenters. The van der Waals surface area contributed by atoms with Crippen LogP contribution in [-0.2, 0) is 16.0 Å². The Morgan fingerprint density at radius 3 is 2.09 bits per heavy atom. The van der Waals surface area contributed by atoms with Crippen molar-refractivity contribution in [2.24, 2.45) is 5.92 Å². The van der Waals surface area contributed by atoms with Gasteiger partial charge in [0.25, 0.3) is 5.91 Å². The van der Waals surface area contributed by atoms with Crippen molar-refractivity contribution in [1.82, 2.24) is 10.6 Å². The number of hydrogen-bond donors (Lipinski definition) is 3. The molecule has 8 heteroatoms. The Bertz CT molecular complexity index is 982. The molecule has 2 aromatic rings. The zero-order valence-corrected chi connectivity index (χ0v) is 21.8. The Morgan fingerprint density at radius 2 is 1.59 bits per heavy atom. The average molecular weight is 533 g/mol. The minimum atomic E-state index is -1.17. The molecule has 0 aromatic heterocycles. The third-order valence-electron chi connectivity index (χ3n) is 5.23. The van der Waals surface area contributed by atoms with E-state index in [-0.39, 0.29) is 18.2 Å². The van der Waals surface area contributed by atoms with Gasteiger partial charge in [-0.3, -0.25) is 4.79 Å². The van der Waals surface area contributed by atoms with Crippen LogP contribution in [0.2, 0.25) is 0 Å². The molecule has 3 N–H and O–H groups in total. The van der Waals surface area contributed by atoms with Crippen LogP contribution in [0, 0.1) is 5.92 Å². The van der Waals surface area contributed by atoms with E-state index >= 15 is 0 Å². The summed E-state index contributed by atoms with van der Waals surface area (Å²) in [4.78, 5) is 36.2. The van der Waals surface area contributed by atoms with Gasteiger partial charge < -0.3 is 20.5 Å². The van der Waals surface area contributed by atoms with Gasteiger partial charge in [0.2, 0.25) is 0 Å². The van der Waals surface area contributed by atoms with E-state index < -0.39 is 23.7 Å². The molecule has 0 aliphatic heterocycles. The van der Waals surface area contributed by atoms with Crippen LogP contribution in [0.4, 0.5) is 4.79 Å². The van der Waals surface area contributed by atoms with Gasteiger partial charge in [0, 0.05) is 28.9 Å². The zero-order chi connectivity index (χ0) is 25.5. The number of hydrogen-bond acceptors (Lipinski definition) is 4. The number of carboxylic acids is 1. The molecular weight excluding hydrogens is 500 g/mol. The number of aliphatic carboxylic acids is 1. The first-order chi connectivity index (χ1) is 15.9. The van der Waals surface area contributed by atoms with Crippen molar-refractivity contribution in [2.75, 3.05) is 6.54 Å². The molecule has 0 saturated carbocycles. The Kier molecular flexibility index (Phi) is 9.67. The average Bonchev–Trinajstić information content (AvgIpc) is 2.73. The minimum Gasteiger partial charge on any atom is -0.480 e. The first kappa shape index (κ1) is 27.4. The lowest BCUT2D eigenvalue weighted by molar-refractivity contribution is -0.139. The van der Waals surface area contributed by atoms with Gasteiger partial charge in [-0.15, -0.1) is 0 Å². The quantitative estimate of drug-likeness (QED) is 0.414. The molecule has 0 spiro atoms. The molecule has 0 fully saturated rings. The predicted octanol–water partition coefficient (Wildman–Crippen LogP) is 5.14. The van der Waals surface area contributed by atoms with E-state index in [1.54, 1.807) is 45.0 Å². The molecule has 7 nitrogen and oxygen atoms in total. The highest BCUT2D eigenvalue weighted by atomic mass is 79.9. The number of amides is 2. The van der Waals surface area contributed by atoms with Gasteiger partial charge in [-0.05, 0) is 62.1 Å². The number of carboxylic acid groups (broad SMARTS) is 1. The second kappa shape index (κ2) is 12.0. The molecule has 0 saturated heterocycles. The number of carbonyl (C=O) groups excluding carboxylic acids is 2. The van der Waals surface area contributed by atoms with Crippen LogP contribution >= 0.6 is 15.9 Å². The van der Waals surface area contributed by atoms with Crippen molar-refractivity contribution in [3.05, 3.63) is 69.7 Å². The second-order valence-electron chi connectivity index (χ2n) is 9.55. The number of ether oxygens (including phenoxy) is 1. The molecular formula is C26H33BrN2O5. The minimum absolute atomic E-state index is 0.0649. The van der Waals surface area contributed by atoms with Crippen molar-refractivity contribution in [3.8, 4) is 0 Å². The second-order valence-corrected chi connectivity index (χ2v) is 10.5. The van der Waals surface area contributed by atoms with E-state index in [9.17, 15) is 19.5 Å². The summed E-state index contributed by atoms with van der Waals surface area (Å²) in [6.45, 7) is 9.85. The predicted molar refractivity (Wildman–Crippen MR) is 135 cm³/mol. The Hall–Kier alpha value is -2.87. The molecule has 0 heterocycles. The fourth-order valence-corrected chi connectivity index (χ4v) is 3.70. The number of alkyl carbamates (subject to hydrolysis) is 1. The van der Waals surface area contributed by atoms with E-state index in [0.717, 1.165) is 10.0 Å². The highest BCUT2D eigenvalue weighted by molar-refractivity contribution is 9.10. The van der Waals surface area contributed by atoms with Crippen LogP contribution in [0.25, 0.3) is 0 Å².